The molecule has 0 saturated heterocycles. The first-order chi connectivity index (χ1) is 9.75. The average molecular weight is 321 g/mol. The maximum atomic E-state index is 12.6. The molecule has 0 amide bonds. The van der Waals surface area contributed by atoms with Crippen LogP contribution in [0.5, 0.6) is 5.75 Å². The van der Waals surface area contributed by atoms with E-state index in [2.05, 4.69) is 0 Å². The number of ether oxygens (including phenoxy) is 1. The van der Waals surface area contributed by atoms with E-state index in [1.807, 2.05) is 0 Å². The summed E-state index contributed by atoms with van der Waals surface area (Å²) >= 11 is 0. The zero-order valence-corrected chi connectivity index (χ0v) is 13.5. The zero-order chi connectivity index (χ0) is 16.2. The van der Waals surface area contributed by atoms with Crippen molar-refractivity contribution in [2.24, 2.45) is 0 Å². The van der Waals surface area contributed by atoms with Crippen LogP contribution >= 0.6 is 0 Å². The predicted molar refractivity (Wildman–Crippen MR) is 77.5 cm³/mol. The Hall–Kier alpha value is -1.21. The third-order valence-electron chi connectivity index (χ3n) is 3.34. The molecule has 21 heavy (non-hydrogen) atoms. The van der Waals surface area contributed by atoms with Gasteiger partial charge in [0, 0.05) is 6.54 Å². The highest BCUT2D eigenvalue weighted by molar-refractivity contribution is 7.89. The molecule has 0 atom stereocenters. The molecule has 0 aliphatic rings. The lowest BCUT2D eigenvalue weighted by Crippen LogP contribution is -2.36. The number of hydrogen-bond acceptors (Lipinski definition) is 3. The van der Waals surface area contributed by atoms with Crippen molar-refractivity contribution in [1.82, 2.24) is 4.31 Å². The van der Waals surface area contributed by atoms with Gasteiger partial charge in [-0.3, -0.25) is 0 Å². The van der Waals surface area contributed by atoms with Crippen molar-refractivity contribution >= 4 is 10.0 Å². The normalized spacial score (nSPS) is 12.2. The highest BCUT2D eigenvalue weighted by Crippen LogP contribution is 2.29. The van der Waals surface area contributed by atoms with Crippen LogP contribution in [0.3, 0.4) is 0 Å². The molecule has 0 aliphatic heterocycles. The SMILES string of the molecule is CCCN(CC(F)F)S(=O)(=O)c1ccc(OC)c(C)c1C. The van der Waals surface area contributed by atoms with Gasteiger partial charge in [0.25, 0.3) is 6.43 Å². The van der Waals surface area contributed by atoms with E-state index in [1.54, 1.807) is 26.8 Å². The van der Waals surface area contributed by atoms with Crippen molar-refractivity contribution in [2.75, 3.05) is 20.2 Å². The molecule has 0 bridgehead atoms. The number of nitrogens with zero attached hydrogens (tertiary/aromatic N) is 1. The molecule has 1 aromatic carbocycles. The average Bonchev–Trinajstić information content (AvgIpc) is 2.40. The van der Waals surface area contributed by atoms with Crippen LogP contribution in [0.25, 0.3) is 0 Å². The van der Waals surface area contributed by atoms with Crippen molar-refractivity contribution in [2.45, 2.75) is 38.5 Å². The second-order valence-corrected chi connectivity index (χ2v) is 6.68. The first-order valence-electron chi connectivity index (χ1n) is 6.68. The van der Waals surface area contributed by atoms with E-state index >= 15 is 0 Å². The summed E-state index contributed by atoms with van der Waals surface area (Å²) in [4.78, 5) is 0.0508. The van der Waals surface area contributed by atoms with Crippen LogP contribution in [0.1, 0.15) is 24.5 Å². The molecular formula is C14H21F2NO3S. The molecule has 0 aromatic heterocycles. The largest absolute Gasteiger partial charge is 0.496 e. The van der Waals surface area contributed by atoms with Crippen LogP contribution < -0.4 is 4.74 Å². The summed E-state index contributed by atoms with van der Waals surface area (Å²) in [5.74, 6) is 0.572. The van der Waals surface area contributed by atoms with Gasteiger partial charge in [0.15, 0.2) is 0 Å². The third-order valence-corrected chi connectivity index (χ3v) is 5.35. The molecule has 0 saturated carbocycles. The second-order valence-electron chi connectivity index (χ2n) is 4.77. The molecule has 0 radical (unpaired) electrons. The van der Waals surface area contributed by atoms with Crippen molar-refractivity contribution in [1.29, 1.82) is 0 Å². The molecule has 120 valence electrons. The minimum atomic E-state index is -3.94. The van der Waals surface area contributed by atoms with Gasteiger partial charge in [0.2, 0.25) is 10.0 Å². The van der Waals surface area contributed by atoms with E-state index in [4.69, 9.17) is 4.74 Å². The minimum absolute atomic E-state index is 0.0508. The zero-order valence-electron chi connectivity index (χ0n) is 12.7. The Morgan fingerprint density at radius 3 is 2.33 bits per heavy atom. The van der Waals surface area contributed by atoms with Gasteiger partial charge >= 0.3 is 0 Å². The molecule has 0 spiro atoms. The number of hydrogen-bond donors (Lipinski definition) is 0. The van der Waals surface area contributed by atoms with Gasteiger partial charge in [-0.15, -0.1) is 0 Å². The monoisotopic (exact) mass is 321 g/mol. The fourth-order valence-electron chi connectivity index (χ4n) is 2.12. The minimum Gasteiger partial charge on any atom is -0.496 e. The van der Waals surface area contributed by atoms with Crippen LogP contribution in [0.15, 0.2) is 17.0 Å². The highest BCUT2D eigenvalue weighted by atomic mass is 32.2. The molecular weight excluding hydrogens is 300 g/mol. The van der Waals surface area contributed by atoms with E-state index in [0.717, 1.165) is 4.31 Å². The summed E-state index contributed by atoms with van der Waals surface area (Å²) in [7, 11) is -2.44. The number of methoxy groups -OCH3 is 1. The number of benzene rings is 1. The maximum Gasteiger partial charge on any atom is 0.252 e. The predicted octanol–water partition coefficient (Wildman–Crippen LogP) is 2.98. The summed E-state index contributed by atoms with van der Waals surface area (Å²) in [6, 6.07) is 2.95. The van der Waals surface area contributed by atoms with Crippen molar-refractivity contribution in [3.05, 3.63) is 23.3 Å². The lowest BCUT2D eigenvalue weighted by molar-refractivity contribution is 0.119. The summed E-state index contributed by atoms with van der Waals surface area (Å²) in [6.45, 7) is 4.42. The summed E-state index contributed by atoms with van der Waals surface area (Å²) in [5.41, 5.74) is 1.21. The van der Waals surface area contributed by atoms with Gasteiger partial charge in [-0.1, -0.05) is 6.92 Å². The van der Waals surface area contributed by atoms with Gasteiger partial charge < -0.3 is 4.74 Å². The Bertz CT molecular complexity index is 588. The van der Waals surface area contributed by atoms with Crippen LogP contribution in [0.2, 0.25) is 0 Å². The Balaban J connectivity index is 3.31. The fraction of sp³-hybridized carbons (Fsp3) is 0.571. The van der Waals surface area contributed by atoms with E-state index < -0.39 is 23.0 Å². The van der Waals surface area contributed by atoms with E-state index in [1.165, 1.54) is 13.2 Å². The van der Waals surface area contributed by atoms with Crippen LogP contribution in [0.4, 0.5) is 8.78 Å². The molecule has 4 nitrogen and oxygen atoms in total. The molecule has 0 aliphatic carbocycles. The summed E-state index contributed by atoms with van der Waals surface area (Å²) < 4.78 is 56.4. The van der Waals surface area contributed by atoms with Crippen LogP contribution in [-0.2, 0) is 10.0 Å². The maximum absolute atomic E-state index is 12.6. The molecule has 1 rings (SSSR count). The van der Waals surface area contributed by atoms with Crippen LogP contribution in [0, 0.1) is 13.8 Å². The van der Waals surface area contributed by atoms with Crippen molar-refractivity contribution < 1.29 is 21.9 Å². The Labute approximate surface area is 124 Å². The van der Waals surface area contributed by atoms with Gasteiger partial charge in [-0.2, -0.15) is 4.31 Å². The molecule has 7 heteroatoms. The summed E-state index contributed by atoms with van der Waals surface area (Å²) in [6.07, 6.45) is -2.23. The van der Waals surface area contributed by atoms with Crippen LogP contribution in [-0.4, -0.2) is 39.3 Å². The molecule has 0 heterocycles. The fourth-order valence-corrected chi connectivity index (χ4v) is 3.91. The van der Waals surface area contributed by atoms with E-state index in [0.29, 0.717) is 23.3 Å². The first kappa shape index (κ1) is 17.8. The standard InChI is InChI=1S/C14H21F2NO3S/c1-5-8-17(9-14(15)16)21(18,19)13-7-6-12(20-4)10(2)11(13)3/h6-7,14H,5,8-9H2,1-4H3. The first-order valence-corrected chi connectivity index (χ1v) is 8.12. The Kier molecular flexibility index (Phi) is 6.10. The number of halogens is 2. The third kappa shape index (κ3) is 3.91. The molecule has 0 fully saturated rings. The number of sulfonamides is 1. The van der Waals surface area contributed by atoms with Gasteiger partial charge in [-0.25, -0.2) is 17.2 Å². The van der Waals surface area contributed by atoms with Gasteiger partial charge in [-0.05, 0) is 43.5 Å². The Morgan fingerprint density at radius 2 is 1.86 bits per heavy atom. The van der Waals surface area contributed by atoms with E-state index in [-0.39, 0.29) is 11.4 Å². The summed E-state index contributed by atoms with van der Waals surface area (Å²) in [5, 5.41) is 0. The lowest BCUT2D eigenvalue weighted by atomic mass is 10.1. The quantitative estimate of drug-likeness (QED) is 0.775. The molecule has 0 unspecified atom stereocenters. The lowest BCUT2D eigenvalue weighted by Gasteiger charge is -2.23. The van der Waals surface area contributed by atoms with Crippen molar-refractivity contribution in [3.8, 4) is 5.75 Å². The van der Waals surface area contributed by atoms with E-state index in [9.17, 15) is 17.2 Å². The smallest absolute Gasteiger partial charge is 0.252 e. The number of rotatable bonds is 7. The Morgan fingerprint density at radius 1 is 1.24 bits per heavy atom. The van der Waals surface area contributed by atoms with Gasteiger partial charge in [0.1, 0.15) is 5.75 Å². The number of alkyl halides is 2. The topological polar surface area (TPSA) is 46.6 Å². The highest BCUT2D eigenvalue weighted by Gasteiger charge is 2.28. The second kappa shape index (κ2) is 7.17. The molecule has 1 aromatic rings. The molecule has 0 N–H and O–H groups in total. The van der Waals surface area contributed by atoms with Gasteiger partial charge in [0.05, 0.1) is 18.6 Å². The van der Waals surface area contributed by atoms with Crippen molar-refractivity contribution in [3.63, 3.8) is 0 Å².